The van der Waals surface area contributed by atoms with Gasteiger partial charge in [0.2, 0.25) is 0 Å². The molecule has 0 unspecified atom stereocenters. The second-order valence-corrected chi connectivity index (χ2v) is 17.3. The highest BCUT2D eigenvalue weighted by molar-refractivity contribution is 5.96. The first-order valence-corrected chi connectivity index (χ1v) is 21.8. The summed E-state index contributed by atoms with van der Waals surface area (Å²) in [6.07, 6.45) is 0. The molecule has 0 heterocycles. The first kappa shape index (κ1) is 37.6. The van der Waals surface area contributed by atoms with E-state index in [4.69, 9.17) is 0 Å². The number of anilines is 6. The predicted molar refractivity (Wildman–Crippen MR) is 261 cm³/mol. The fraction of sp³-hybridized carbons (Fsp3) is 0.100. The third-order valence-corrected chi connectivity index (χ3v) is 13.3. The zero-order valence-electron chi connectivity index (χ0n) is 35.9. The number of benzene rings is 9. The Balaban J connectivity index is 0.996. The number of hydrogen-bond donors (Lipinski definition) is 0. The maximum absolute atomic E-state index is 2.44. The Morgan fingerprint density at radius 1 is 0.290 bits per heavy atom. The van der Waals surface area contributed by atoms with E-state index >= 15 is 0 Å². The largest absolute Gasteiger partial charge is 0.310 e. The molecule has 0 saturated carbocycles. The topological polar surface area (TPSA) is 6.48 Å². The minimum absolute atomic E-state index is 0.365. The predicted octanol–water partition coefficient (Wildman–Crippen LogP) is 16.2. The van der Waals surface area contributed by atoms with Crippen molar-refractivity contribution in [1.82, 2.24) is 0 Å². The van der Waals surface area contributed by atoms with Crippen molar-refractivity contribution in [2.75, 3.05) is 9.80 Å². The van der Waals surface area contributed by atoms with Crippen LogP contribution < -0.4 is 9.80 Å². The van der Waals surface area contributed by atoms with Crippen LogP contribution in [0.3, 0.4) is 0 Å². The quantitative estimate of drug-likeness (QED) is 0.158. The molecule has 1 spiro atoms. The van der Waals surface area contributed by atoms with E-state index in [1.54, 1.807) is 0 Å². The Labute approximate surface area is 366 Å². The molecule has 2 heteroatoms. The van der Waals surface area contributed by atoms with Crippen molar-refractivity contribution < 1.29 is 0 Å². The van der Waals surface area contributed by atoms with Crippen molar-refractivity contribution in [3.05, 3.63) is 250 Å². The van der Waals surface area contributed by atoms with Crippen LogP contribution in [0.15, 0.2) is 200 Å². The average Bonchev–Trinajstić information content (AvgIpc) is 3.76. The van der Waals surface area contributed by atoms with Gasteiger partial charge in [0.1, 0.15) is 0 Å². The van der Waals surface area contributed by atoms with Gasteiger partial charge in [-0.15, -0.1) is 0 Å². The second-order valence-electron chi connectivity index (χ2n) is 17.3. The van der Waals surface area contributed by atoms with Gasteiger partial charge in [-0.3, -0.25) is 0 Å². The van der Waals surface area contributed by atoms with Gasteiger partial charge in [0, 0.05) is 34.1 Å². The highest BCUT2D eigenvalue weighted by atomic mass is 15.1. The molecule has 0 aliphatic heterocycles. The van der Waals surface area contributed by atoms with Crippen LogP contribution in [0.4, 0.5) is 34.1 Å². The van der Waals surface area contributed by atoms with Crippen LogP contribution in [-0.2, 0) is 5.41 Å². The summed E-state index contributed by atoms with van der Waals surface area (Å²) in [6.45, 7) is 10.9. The van der Waals surface area contributed by atoms with E-state index in [1.165, 1.54) is 94.8 Å². The van der Waals surface area contributed by atoms with Crippen LogP contribution in [0.2, 0.25) is 0 Å². The van der Waals surface area contributed by atoms with Crippen molar-refractivity contribution in [2.45, 2.75) is 40.0 Å². The van der Waals surface area contributed by atoms with Crippen LogP contribution in [-0.4, -0.2) is 0 Å². The van der Waals surface area contributed by atoms with Gasteiger partial charge in [-0.2, -0.15) is 0 Å². The highest BCUT2D eigenvalue weighted by Gasteiger charge is 2.51. The number of nitrogens with zero attached hydrogens (tertiary/aromatic N) is 2. The molecule has 0 fully saturated rings. The van der Waals surface area contributed by atoms with E-state index in [-0.39, 0.29) is 5.41 Å². The minimum Gasteiger partial charge on any atom is -0.310 e. The monoisotopic (exact) mass is 796 g/mol. The summed E-state index contributed by atoms with van der Waals surface area (Å²) < 4.78 is 0. The molecule has 11 rings (SSSR count). The third kappa shape index (κ3) is 5.85. The van der Waals surface area contributed by atoms with Gasteiger partial charge in [-0.1, -0.05) is 156 Å². The summed E-state index contributed by atoms with van der Waals surface area (Å²) in [4.78, 5) is 4.80. The van der Waals surface area contributed by atoms with E-state index in [0.717, 1.165) is 22.7 Å². The number of rotatable bonds is 7. The molecule has 0 aromatic heterocycles. The number of aryl methyl sites for hydroxylation is 5. The summed E-state index contributed by atoms with van der Waals surface area (Å²) in [5, 5.41) is 0. The molecule has 2 aliphatic carbocycles. The van der Waals surface area contributed by atoms with Gasteiger partial charge < -0.3 is 9.80 Å². The summed E-state index contributed by atoms with van der Waals surface area (Å²) in [5.74, 6) is 0. The molecule has 0 bridgehead atoms. The standard InChI is InChI=1S/C60H48N2/c1-39-18-26-46(27-19-39)61(58-34-20-40(2)36-42(58)4)47-28-22-44(23-29-47)45-24-30-48(31-25-45)62(59-35-21-41(3)37-43(59)5)49-32-33-57-53(38-49)52-14-8-11-17-56(52)60(57)54-15-9-6-12-50(54)51-13-7-10-16-55(51)60/h6-38H,1-5H3. The molecule has 0 saturated heterocycles. The lowest BCUT2D eigenvalue weighted by atomic mass is 9.70. The molecule has 2 aliphatic rings. The Hall–Kier alpha value is -7.42. The van der Waals surface area contributed by atoms with Crippen molar-refractivity contribution in [1.29, 1.82) is 0 Å². The first-order chi connectivity index (χ1) is 30.3. The van der Waals surface area contributed by atoms with E-state index in [1.807, 2.05) is 0 Å². The van der Waals surface area contributed by atoms with Crippen molar-refractivity contribution in [3.63, 3.8) is 0 Å². The first-order valence-electron chi connectivity index (χ1n) is 21.8. The van der Waals surface area contributed by atoms with Gasteiger partial charge >= 0.3 is 0 Å². The van der Waals surface area contributed by atoms with Crippen LogP contribution in [0, 0.1) is 34.6 Å². The van der Waals surface area contributed by atoms with Crippen LogP contribution in [0.1, 0.15) is 50.1 Å². The lowest BCUT2D eigenvalue weighted by molar-refractivity contribution is 0.794. The molecular formula is C60H48N2. The normalized spacial score (nSPS) is 12.7. The van der Waals surface area contributed by atoms with E-state index < -0.39 is 0 Å². The lowest BCUT2D eigenvalue weighted by Crippen LogP contribution is -2.25. The van der Waals surface area contributed by atoms with Gasteiger partial charge in [0.15, 0.2) is 0 Å². The van der Waals surface area contributed by atoms with Gasteiger partial charge in [-0.05, 0) is 162 Å². The van der Waals surface area contributed by atoms with Crippen molar-refractivity contribution in [3.8, 4) is 33.4 Å². The molecule has 9 aromatic carbocycles. The van der Waals surface area contributed by atoms with Gasteiger partial charge in [-0.25, -0.2) is 0 Å². The summed E-state index contributed by atoms with van der Waals surface area (Å²) in [7, 11) is 0. The molecular weight excluding hydrogens is 749 g/mol. The SMILES string of the molecule is Cc1ccc(N(c2ccc(-c3ccc(N(c4ccc5c(c4)-c4ccccc4C54c5ccccc5-c5ccccc54)c4ccc(C)cc4C)cc3)cc2)c2ccc(C)cc2C)cc1. The molecule has 0 N–H and O–H groups in total. The zero-order chi connectivity index (χ0) is 42.1. The van der Waals surface area contributed by atoms with E-state index in [0.29, 0.717) is 0 Å². The molecule has 0 amide bonds. The Kier molecular flexibility index (Phi) is 8.87. The number of hydrogen-bond acceptors (Lipinski definition) is 2. The molecule has 0 radical (unpaired) electrons. The zero-order valence-corrected chi connectivity index (χ0v) is 35.9. The summed E-state index contributed by atoms with van der Waals surface area (Å²) in [6, 6.07) is 74.7. The number of fused-ring (bicyclic) bond motifs is 10. The average molecular weight is 797 g/mol. The highest BCUT2D eigenvalue weighted by Crippen LogP contribution is 2.63. The van der Waals surface area contributed by atoms with E-state index in [2.05, 4.69) is 245 Å². The second kappa shape index (κ2) is 14.6. The summed E-state index contributed by atoms with van der Waals surface area (Å²) in [5.41, 5.74) is 25.8. The fourth-order valence-corrected chi connectivity index (χ4v) is 10.5. The van der Waals surface area contributed by atoms with Crippen molar-refractivity contribution >= 4 is 34.1 Å². The maximum atomic E-state index is 2.44. The van der Waals surface area contributed by atoms with Crippen LogP contribution in [0.5, 0.6) is 0 Å². The molecule has 2 nitrogen and oxygen atoms in total. The Morgan fingerprint density at radius 2 is 0.645 bits per heavy atom. The third-order valence-electron chi connectivity index (χ3n) is 13.3. The van der Waals surface area contributed by atoms with Gasteiger partial charge in [0.05, 0.1) is 5.41 Å². The fourth-order valence-electron chi connectivity index (χ4n) is 10.5. The van der Waals surface area contributed by atoms with E-state index in [9.17, 15) is 0 Å². The Morgan fingerprint density at radius 3 is 1.10 bits per heavy atom. The smallest absolute Gasteiger partial charge is 0.0725 e. The molecule has 0 atom stereocenters. The molecule has 9 aromatic rings. The van der Waals surface area contributed by atoms with Crippen LogP contribution >= 0.6 is 0 Å². The minimum atomic E-state index is -0.365. The van der Waals surface area contributed by atoms with Gasteiger partial charge in [0.25, 0.3) is 0 Å². The summed E-state index contributed by atoms with van der Waals surface area (Å²) >= 11 is 0. The maximum Gasteiger partial charge on any atom is 0.0725 e. The Bertz CT molecular complexity index is 3130. The van der Waals surface area contributed by atoms with Crippen LogP contribution in [0.25, 0.3) is 33.4 Å². The lowest BCUT2D eigenvalue weighted by Gasteiger charge is -2.31. The molecule has 298 valence electrons. The molecule has 62 heavy (non-hydrogen) atoms. The van der Waals surface area contributed by atoms with Crippen molar-refractivity contribution in [2.24, 2.45) is 0 Å².